The lowest BCUT2D eigenvalue weighted by Crippen LogP contribution is -2.36. The number of nitrogens with zero attached hydrogens (tertiary/aromatic N) is 1. The molecule has 1 heterocycles. The van der Waals surface area contributed by atoms with Crippen LogP contribution in [0.5, 0.6) is 0 Å². The zero-order chi connectivity index (χ0) is 13.9. The van der Waals surface area contributed by atoms with Crippen molar-refractivity contribution in [3.8, 4) is 0 Å². The van der Waals surface area contributed by atoms with E-state index in [1.807, 2.05) is 18.5 Å². The van der Waals surface area contributed by atoms with E-state index in [-0.39, 0.29) is 0 Å². The lowest BCUT2D eigenvalue weighted by Gasteiger charge is -2.25. The Kier molecular flexibility index (Phi) is 8.43. The number of aromatic nitrogens is 1. The summed E-state index contributed by atoms with van der Waals surface area (Å²) in [6.45, 7) is 6.47. The normalized spacial score (nSPS) is 14.3. The number of ether oxygens (including phenoxy) is 1. The summed E-state index contributed by atoms with van der Waals surface area (Å²) in [5, 5.41) is 3.67. The van der Waals surface area contributed by atoms with Gasteiger partial charge in [0.05, 0.1) is 0 Å². The van der Waals surface area contributed by atoms with Crippen molar-refractivity contribution in [2.45, 2.75) is 45.6 Å². The fraction of sp³-hybridized carbons (Fsp3) is 0.688. The van der Waals surface area contributed by atoms with Crippen molar-refractivity contribution in [3.63, 3.8) is 0 Å². The summed E-state index contributed by atoms with van der Waals surface area (Å²) in [5.41, 5.74) is 1.32. The summed E-state index contributed by atoms with van der Waals surface area (Å²) in [5.74, 6) is 0.642. The van der Waals surface area contributed by atoms with Crippen LogP contribution in [-0.4, -0.2) is 31.3 Å². The van der Waals surface area contributed by atoms with Gasteiger partial charge < -0.3 is 10.1 Å². The van der Waals surface area contributed by atoms with E-state index in [1.165, 1.54) is 12.0 Å². The van der Waals surface area contributed by atoms with E-state index in [0.29, 0.717) is 12.0 Å². The van der Waals surface area contributed by atoms with Crippen molar-refractivity contribution >= 4 is 0 Å². The molecule has 0 spiro atoms. The molecule has 0 aliphatic heterocycles. The van der Waals surface area contributed by atoms with Crippen LogP contribution in [0.25, 0.3) is 0 Å². The monoisotopic (exact) mass is 264 g/mol. The van der Waals surface area contributed by atoms with E-state index in [9.17, 15) is 0 Å². The lowest BCUT2D eigenvalue weighted by atomic mass is 9.93. The van der Waals surface area contributed by atoms with Crippen molar-refractivity contribution in [2.75, 3.05) is 20.3 Å². The predicted octanol–water partition coefficient (Wildman–Crippen LogP) is 3.06. The zero-order valence-corrected chi connectivity index (χ0v) is 12.6. The molecule has 3 heteroatoms. The summed E-state index contributed by atoms with van der Waals surface area (Å²) in [6, 6.07) is 4.73. The standard InChI is InChI=1S/C16H28N2O/c1-4-10-18-16(14(2)9-12-19-3)8-7-15-6-5-11-17-13-15/h5-6,11,13-14,16,18H,4,7-10,12H2,1-3H3. The Hall–Kier alpha value is -0.930. The highest BCUT2D eigenvalue weighted by Crippen LogP contribution is 2.14. The number of aryl methyl sites for hydroxylation is 1. The Bertz CT molecular complexity index is 316. The van der Waals surface area contributed by atoms with Crippen LogP contribution in [-0.2, 0) is 11.2 Å². The minimum atomic E-state index is 0.565. The Morgan fingerprint density at radius 3 is 2.84 bits per heavy atom. The Balaban J connectivity index is 2.44. The Labute approximate surface area is 117 Å². The molecule has 0 amide bonds. The topological polar surface area (TPSA) is 34.2 Å². The third-order valence-electron chi connectivity index (χ3n) is 3.59. The molecule has 1 N–H and O–H groups in total. The van der Waals surface area contributed by atoms with Crippen molar-refractivity contribution < 1.29 is 4.74 Å². The minimum Gasteiger partial charge on any atom is -0.385 e. The minimum absolute atomic E-state index is 0.565. The van der Waals surface area contributed by atoms with Crippen LogP contribution in [0.1, 0.15) is 38.7 Å². The molecule has 1 rings (SSSR count). The molecule has 0 aromatic carbocycles. The highest BCUT2D eigenvalue weighted by Gasteiger charge is 2.16. The van der Waals surface area contributed by atoms with E-state index >= 15 is 0 Å². The summed E-state index contributed by atoms with van der Waals surface area (Å²) >= 11 is 0. The van der Waals surface area contributed by atoms with Crippen molar-refractivity contribution in [1.82, 2.24) is 10.3 Å². The summed E-state index contributed by atoms with van der Waals surface area (Å²) in [6.07, 6.45) is 8.35. The third kappa shape index (κ3) is 6.69. The molecule has 3 nitrogen and oxygen atoms in total. The van der Waals surface area contributed by atoms with Gasteiger partial charge in [-0.1, -0.05) is 19.9 Å². The molecular weight excluding hydrogens is 236 g/mol. The summed E-state index contributed by atoms with van der Waals surface area (Å²) in [4.78, 5) is 4.18. The van der Waals surface area contributed by atoms with E-state index < -0.39 is 0 Å². The number of methoxy groups -OCH3 is 1. The highest BCUT2D eigenvalue weighted by atomic mass is 16.5. The van der Waals surface area contributed by atoms with Gasteiger partial charge in [0.1, 0.15) is 0 Å². The van der Waals surface area contributed by atoms with Gasteiger partial charge in [-0.3, -0.25) is 4.98 Å². The molecule has 108 valence electrons. The first-order valence-corrected chi connectivity index (χ1v) is 7.39. The molecule has 0 radical (unpaired) electrons. The fourth-order valence-corrected chi connectivity index (χ4v) is 2.29. The molecule has 1 aromatic rings. The highest BCUT2D eigenvalue weighted by molar-refractivity contribution is 5.08. The second-order valence-corrected chi connectivity index (χ2v) is 5.22. The number of hydrogen-bond donors (Lipinski definition) is 1. The maximum Gasteiger partial charge on any atom is 0.0465 e. The van der Waals surface area contributed by atoms with Crippen LogP contribution in [0.15, 0.2) is 24.5 Å². The SMILES string of the molecule is CCCNC(CCc1cccnc1)C(C)CCOC. The van der Waals surface area contributed by atoms with Crippen LogP contribution in [0.3, 0.4) is 0 Å². The molecule has 0 aliphatic rings. The van der Waals surface area contributed by atoms with E-state index in [0.717, 1.165) is 32.4 Å². The Morgan fingerprint density at radius 2 is 2.21 bits per heavy atom. The van der Waals surface area contributed by atoms with Gasteiger partial charge in [0.15, 0.2) is 0 Å². The average molecular weight is 264 g/mol. The van der Waals surface area contributed by atoms with Gasteiger partial charge in [-0.2, -0.15) is 0 Å². The molecule has 19 heavy (non-hydrogen) atoms. The first kappa shape index (κ1) is 16.1. The maximum absolute atomic E-state index is 5.19. The smallest absolute Gasteiger partial charge is 0.0465 e. The van der Waals surface area contributed by atoms with Crippen LogP contribution in [0.2, 0.25) is 0 Å². The number of nitrogens with one attached hydrogen (secondary N) is 1. The Morgan fingerprint density at radius 1 is 1.37 bits per heavy atom. The van der Waals surface area contributed by atoms with E-state index in [1.54, 1.807) is 7.11 Å². The summed E-state index contributed by atoms with van der Waals surface area (Å²) in [7, 11) is 1.77. The van der Waals surface area contributed by atoms with Crippen LogP contribution >= 0.6 is 0 Å². The predicted molar refractivity (Wildman–Crippen MR) is 80.3 cm³/mol. The largest absolute Gasteiger partial charge is 0.385 e. The van der Waals surface area contributed by atoms with Gasteiger partial charge in [0.2, 0.25) is 0 Å². The fourth-order valence-electron chi connectivity index (χ4n) is 2.29. The van der Waals surface area contributed by atoms with Gasteiger partial charge in [-0.05, 0) is 49.8 Å². The van der Waals surface area contributed by atoms with E-state index in [2.05, 4.69) is 30.2 Å². The van der Waals surface area contributed by atoms with E-state index in [4.69, 9.17) is 4.74 Å². The van der Waals surface area contributed by atoms with Gasteiger partial charge >= 0.3 is 0 Å². The third-order valence-corrected chi connectivity index (χ3v) is 3.59. The summed E-state index contributed by atoms with van der Waals surface area (Å²) < 4.78 is 5.19. The van der Waals surface area contributed by atoms with Gasteiger partial charge in [0, 0.05) is 32.2 Å². The van der Waals surface area contributed by atoms with Gasteiger partial charge in [-0.15, -0.1) is 0 Å². The molecular formula is C16H28N2O. The molecule has 0 fully saturated rings. The molecule has 1 aromatic heterocycles. The first-order valence-electron chi connectivity index (χ1n) is 7.39. The lowest BCUT2D eigenvalue weighted by molar-refractivity contribution is 0.168. The molecule has 0 bridgehead atoms. The van der Waals surface area contributed by atoms with Gasteiger partial charge in [0.25, 0.3) is 0 Å². The maximum atomic E-state index is 5.19. The van der Waals surface area contributed by atoms with Crippen LogP contribution in [0.4, 0.5) is 0 Å². The van der Waals surface area contributed by atoms with Crippen molar-refractivity contribution in [1.29, 1.82) is 0 Å². The second kappa shape index (κ2) is 9.93. The average Bonchev–Trinajstić information content (AvgIpc) is 2.46. The van der Waals surface area contributed by atoms with Gasteiger partial charge in [-0.25, -0.2) is 0 Å². The van der Waals surface area contributed by atoms with Crippen molar-refractivity contribution in [3.05, 3.63) is 30.1 Å². The number of pyridine rings is 1. The number of hydrogen-bond acceptors (Lipinski definition) is 3. The molecule has 2 atom stereocenters. The van der Waals surface area contributed by atoms with Crippen LogP contribution in [0, 0.1) is 5.92 Å². The molecule has 2 unspecified atom stereocenters. The van der Waals surface area contributed by atoms with Crippen LogP contribution < -0.4 is 5.32 Å². The quantitative estimate of drug-likeness (QED) is 0.705. The second-order valence-electron chi connectivity index (χ2n) is 5.22. The molecule has 0 saturated carbocycles. The van der Waals surface area contributed by atoms with Crippen molar-refractivity contribution in [2.24, 2.45) is 5.92 Å². The molecule has 0 aliphatic carbocycles. The number of rotatable bonds is 10. The zero-order valence-electron chi connectivity index (χ0n) is 12.6. The molecule has 0 saturated heterocycles. The first-order chi connectivity index (χ1) is 9.27.